The number of aliphatic carboxylic acids is 1. The van der Waals surface area contributed by atoms with Crippen LogP contribution in [0.25, 0.3) is 11.3 Å². The fraction of sp³-hybridized carbons (Fsp3) is 0.421. The summed E-state index contributed by atoms with van der Waals surface area (Å²) in [6.07, 6.45) is 4.88. The highest BCUT2D eigenvalue weighted by molar-refractivity contribution is 7.99. The van der Waals surface area contributed by atoms with Gasteiger partial charge in [0.2, 0.25) is 0 Å². The minimum Gasteiger partial charge on any atom is -0.480 e. The molecule has 1 heterocycles. The maximum Gasteiger partial charge on any atom is 0.320 e. The van der Waals surface area contributed by atoms with Gasteiger partial charge in [-0.25, -0.2) is 0 Å². The number of thioether (sulfide) groups is 1. The number of halogens is 2. The molecule has 0 fully saturated rings. The molecular formula is C19H23Cl2N3O2S. The lowest BCUT2D eigenvalue weighted by molar-refractivity contribution is -0.138. The number of carboxylic acid groups (broad SMARTS) is 1. The molecule has 1 aromatic heterocycles. The zero-order valence-electron chi connectivity index (χ0n) is 15.3. The van der Waals surface area contributed by atoms with E-state index in [0.717, 1.165) is 29.2 Å². The van der Waals surface area contributed by atoms with Crippen molar-refractivity contribution in [1.29, 1.82) is 0 Å². The molecule has 0 amide bonds. The van der Waals surface area contributed by atoms with Crippen LogP contribution in [0.15, 0.2) is 30.6 Å². The van der Waals surface area contributed by atoms with Crippen molar-refractivity contribution in [1.82, 2.24) is 9.97 Å². The van der Waals surface area contributed by atoms with Gasteiger partial charge in [0.25, 0.3) is 0 Å². The van der Waals surface area contributed by atoms with Crippen molar-refractivity contribution in [3.8, 4) is 11.3 Å². The van der Waals surface area contributed by atoms with Gasteiger partial charge < -0.3 is 10.8 Å². The Labute approximate surface area is 173 Å². The van der Waals surface area contributed by atoms with Crippen LogP contribution < -0.4 is 5.73 Å². The Morgan fingerprint density at radius 2 is 2.00 bits per heavy atom. The van der Waals surface area contributed by atoms with Crippen molar-refractivity contribution in [2.24, 2.45) is 5.73 Å². The van der Waals surface area contributed by atoms with E-state index < -0.39 is 12.0 Å². The first-order valence-corrected chi connectivity index (χ1v) is 10.5. The predicted molar refractivity (Wildman–Crippen MR) is 113 cm³/mol. The van der Waals surface area contributed by atoms with Gasteiger partial charge in [-0.2, -0.15) is 11.8 Å². The van der Waals surface area contributed by atoms with Crippen LogP contribution in [0.4, 0.5) is 0 Å². The number of hydrogen-bond donors (Lipinski definition) is 2. The Balaban J connectivity index is 1.93. The number of aromatic nitrogens is 2. The third-order valence-corrected chi connectivity index (χ3v) is 5.88. The van der Waals surface area contributed by atoms with Crippen molar-refractivity contribution in [3.63, 3.8) is 0 Å². The Hall–Kier alpha value is -1.34. The highest BCUT2D eigenvalue weighted by Gasteiger charge is 2.23. The number of rotatable bonds is 9. The fourth-order valence-corrected chi connectivity index (χ4v) is 4.19. The van der Waals surface area contributed by atoms with Gasteiger partial charge in [-0.3, -0.25) is 14.8 Å². The van der Waals surface area contributed by atoms with E-state index in [4.69, 9.17) is 34.0 Å². The van der Waals surface area contributed by atoms with Crippen LogP contribution in [0, 0.1) is 0 Å². The summed E-state index contributed by atoms with van der Waals surface area (Å²) in [5.41, 5.74) is 7.77. The third kappa shape index (κ3) is 6.35. The first-order valence-electron chi connectivity index (χ1n) is 8.55. The summed E-state index contributed by atoms with van der Waals surface area (Å²) in [5.74, 6) is 0.668. The van der Waals surface area contributed by atoms with Crippen LogP contribution in [-0.2, 0) is 10.2 Å². The molecule has 0 aliphatic heterocycles. The number of carboxylic acids is 1. The monoisotopic (exact) mass is 427 g/mol. The maximum absolute atomic E-state index is 10.7. The van der Waals surface area contributed by atoms with E-state index in [1.54, 1.807) is 36.3 Å². The number of carbonyl (C=O) groups is 1. The van der Waals surface area contributed by atoms with Crippen molar-refractivity contribution < 1.29 is 9.90 Å². The third-order valence-electron chi connectivity index (χ3n) is 4.31. The summed E-state index contributed by atoms with van der Waals surface area (Å²) >= 11 is 13.9. The molecule has 3 N–H and O–H groups in total. The first-order chi connectivity index (χ1) is 12.7. The highest BCUT2D eigenvalue weighted by Crippen LogP contribution is 2.31. The minimum absolute atomic E-state index is 0.142. The van der Waals surface area contributed by atoms with Crippen LogP contribution >= 0.6 is 35.0 Å². The largest absolute Gasteiger partial charge is 0.480 e. The van der Waals surface area contributed by atoms with E-state index in [2.05, 4.69) is 23.8 Å². The molecule has 5 nitrogen and oxygen atoms in total. The van der Waals surface area contributed by atoms with Crippen molar-refractivity contribution >= 4 is 40.9 Å². The first kappa shape index (κ1) is 22.0. The Bertz CT molecular complexity index is 785. The normalized spacial score (nSPS) is 12.8. The summed E-state index contributed by atoms with van der Waals surface area (Å²) < 4.78 is 0. The number of nitrogens with zero attached hydrogens (tertiary/aromatic N) is 2. The van der Waals surface area contributed by atoms with E-state index in [-0.39, 0.29) is 5.41 Å². The summed E-state index contributed by atoms with van der Waals surface area (Å²) in [6.45, 7) is 4.24. The molecule has 0 spiro atoms. The molecule has 146 valence electrons. The Morgan fingerprint density at radius 3 is 2.59 bits per heavy atom. The number of nitrogens with two attached hydrogens (primary N) is 1. The topological polar surface area (TPSA) is 89.1 Å². The molecule has 0 saturated heterocycles. The Kier molecular flexibility index (Phi) is 7.91. The van der Waals surface area contributed by atoms with Gasteiger partial charge in [0.1, 0.15) is 6.04 Å². The van der Waals surface area contributed by atoms with Gasteiger partial charge in [0, 0.05) is 22.2 Å². The van der Waals surface area contributed by atoms with Crippen molar-refractivity contribution in [2.45, 2.75) is 38.1 Å². The molecule has 2 aromatic rings. The molecular weight excluding hydrogens is 405 g/mol. The summed E-state index contributed by atoms with van der Waals surface area (Å²) in [5, 5.41) is 9.91. The van der Waals surface area contributed by atoms with Gasteiger partial charge in [-0.15, -0.1) is 0 Å². The molecule has 2 rings (SSSR count). The van der Waals surface area contributed by atoms with E-state index >= 15 is 0 Å². The zero-order valence-corrected chi connectivity index (χ0v) is 17.6. The Morgan fingerprint density at radius 1 is 1.26 bits per heavy atom. The summed E-state index contributed by atoms with van der Waals surface area (Å²) in [7, 11) is 0. The van der Waals surface area contributed by atoms with Gasteiger partial charge in [0.05, 0.1) is 22.6 Å². The second-order valence-corrected chi connectivity index (χ2v) is 8.96. The van der Waals surface area contributed by atoms with Crippen LogP contribution in [-0.4, -0.2) is 38.6 Å². The van der Waals surface area contributed by atoms with Crippen LogP contribution in [0.3, 0.4) is 0 Å². The second-order valence-electron chi connectivity index (χ2n) is 6.89. The minimum atomic E-state index is -0.952. The van der Waals surface area contributed by atoms with E-state index in [0.29, 0.717) is 22.2 Å². The standard InChI is InChI=1S/C19H23Cl2N3O2S/c1-19(2,6-8-27-7-5-15(22)18(25)26)17-11-23-16(10-24-17)13-4-3-12(20)9-14(13)21/h3-4,9-11,15H,5-8,22H2,1-2H3,(H,25,26). The van der Waals surface area contributed by atoms with Gasteiger partial charge >= 0.3 is 5.97 Å². The van der Waals surface area contributed by atoms with E-state index in [1.807, 2.05) is 6.07 Å². The average molecular weight is 428 g/mol. The maximum atomic E-state index is 10.7. The zero-order chi connectivity index (χ0) is 20.0. The quantitative estimate of drug-likeness (QED) is 0.565. The van der Waals surface area contributed by atoms with Crippen LogP contribution in [0.1, 0.15) is 32.4 Å². The summed E-state index contributed by atoms with van der Waals surface area (Å²) in [4.78, 5) is 19.8. The second kappa shape index (κ2) is 9.73. The molecule has 1 unspecified atom stereocenters. The number of hydrogen-bond acceptors (Lipinski definition) is 5. The molecule has 27 heavy (non-hydrogen) atoms. The predicted octanol–water partition coefficient (Wildman–Crippen LogP) is 4.65. The van der Waals surface area contributed by atoms with E-state index in [1.165, 1.54) is 0 Å². The molecule has 0 saturated carbocycles. The van der Waals surface area contributed by atoms with Gasteiger partial charge in [0.15, 0.2) is 0 Å². The highest BCUT2D eigenvalue weighted by atomic mass is 35.5. The molecule has 0 bridgehead atoms. The van der Waals surface area contributed by atoms with Crippen LogP contribution in [0.2, 0.25) is 10.0 Å². The van der Waals surface area contributed by atoms with Crippen molar-refractivity contribution in [2.75, 3.05) is 11.5 Å². The number of benzene rings is 1. The van der Waals surface area contributed by atoms with Crippen LogP contribution in [0.5, 0.6) is 0 Å². The lowest BCUT2D eigenvalue weighted by atomic mass is 9.86. The fourth-order valence-electron chi connectivity index (χ4n) is 2.41. The summed E-state index contributed by atoms with van der Waals surface area (Å²) in [6, 6.07) is 4.50. The molecule has 0 aliphatic rings. The average Bonchev–Trinajstić information content (AvgIpc) is 2.61. The molecule has 0 aliphatic carbocycles. The van der Waals surface area contributed by atoms with Gasteiger partial charge in [-0.1, -0.05) is 37.0 Å². The molecule has 8 heteroatoms. The lowest BCUT2D eigenvalue weighted by Crippen LogP contribution is -2.30. The van der Waals surface area contributed by atoms with Crippen molar-refractivity contribution in [3.05, 3.63) is 46.3 Å². The SMILES string of the molecule is CC(C)(CCSCCC(N)C(=O)O)c1cnc(-c2ccc(Cl)cc2Cl)cn1. The lowest BCUT2D eigenvalue weighted by Gasteiger charge is -2.23. The van der Waals surface area contributed by atoms with E-state index in [9.17, 15) is 4.79 Å². The smallest absolute Gasteiger partial charge is 0.320 e. The van der Waals surface area contributed by atoms with Gasteiger partial charge in [-0.05, 0) is 42.5 Å². The molecule has 1 aromatic carbocycles. The molecule has 0 radical (unpaired) electrons. The molecule has 1 atom stereocenters.